The molecule has 26 heavy (non-hydrogen) atoms. The summed E-state index contributed by atoms with van der Waals surface area (Å²) in [5.74, 6) is 0.409. The molecule has 0 aliphatic heterocycles. The van der Waals surface area contributed by atoms with Gasteiger partial charge in [-0.1, -0.05) is 12.1 Å². The summed E-state index contributed by atoms with van der Waals surface area (Å²) in [4.78, 5) is 16.7. The molecule has 2 aromatic carbocycles. The van der Waals surface area contributed by atoms with Gasteiger partial charge in [0.1, 0.15) is 34.4 Å². The van der Waals surface area contributed by atoms with Gasteiger partial charge in [0.15, 0.2) is 0 Å². The fourth-order valence-electron chi connectivity index (χ4n) is 2.28. The van der Waals surface area contributed by atoms with Crippen LogP contribution in [0, 0.1) is 0 Å². The highest BCUT2D eigenvalue weighted by Crippen LogP contribution is 2.28. The van der Waals surface area contributed by atoms with Crippen molar-refractivity contribution in [1.29, 1.82) is 0 Å². The van der Waals surface area contributed by atoms with Gasteiger partial charge in [0.25, 0.3) is 0 Å². The highest BCUT2D eigenvalue weighted by Gasteiger charge is 2.15. The van der Waals surface area contributed by atoms with Gasteiger partial charge in [-0.3, -0.25) is 0 Å². The van der Waals surface area contributed by atoms with Crippen LogP contribution < -0.4 is 9.47 Å². The van der Waals surface area contributed by atoms with E-state index in [1.165, 1.54) is 30.6 Å². The Morgan fingerprint density at radius 1 is 1.12 bits per heavy atom. The first-order valence-electron chi connectivity index (χ1n) is 7.73. The fourth-order valence-corrected chi connectivity index (χ4v) is 3.09. The number of rotatable bonds is 6. The number of phenolic OH excluding ortho intramolecular Hbond substituents is 1. The smallest absolute Gasteiger partial charge is 0.342 e. The molecule has 0 bridgehead atoms. The third kappa shape index (κ3) is 3.94. The topological polar surface area (TPSA) is 77.9 Å². The Morgan fingerprint density at radius 3 is 2.65 bits per heavy atom. The number of phenols is 1. The maximum absolute atomic E-state index is 12.2. The fraction of sp³-hybridized carbons (Fsp3) is 0.158. The number of ether oxygens (including phenoxy) is 3. The first-order chi connectivity index (χ1) is 12.6. The molecule has 0 spiro atoms. The van der Waals surface area contributed by atoms with Gasteiger partial charge in [0.2, 0.25) is 0 Å². The lowest BCUT2D eigenvalue weighted by molar-refractivity contribution is 0.0464. The molecule has 0 aliphatic rings. The van der Waals surface area contributed by atoms with Crippen LogP contribution in [0.1, 0.15) is 16.1 Å². The van der Waals surface area contributed by atoms with Crippen molar-refractivity contribution in [3.63, 3.8) is 0 Å². The number of hydrogen-bond donors (Lipinski definition) is 1. The van der Waals surface area contributed by atoms with Crippen LogP contribution in [-0.2, 0) is 11.3 Å². The van der Waals surface area contributed by atoms with Gasteiger partial charge >= 0.3 is 5.97 Å². The zero-order valence-electron chi connectivity index (χ0n) is 14.3. The maximum atomic E-state index is 12.2. The van der Waals surface area contributed by atoms with Crippen LogP contribution in [-0.4, -0.2) is 30.3 Å². The maximum Gasteiger partial charge on any atom is 0.342 e. The molecule has 0 radical (unpaired) electrons. The highest BCUT2D eigenvalue weighted by molar-refractivity contribution is 7.13. The molecule has 1 aromatic heterocycles. The number of thiazole rings is 1. The first-order valence-corrected chi connectivity index (χ1v) is 8.61. The average Bonchev–Trinajstić information content (AvgIpc) is 3.15. The van der Waals surface area contributed by atoms with Crippen molar-refractivity contribution < 1.29 is 24.1 Å². The quantitative estimate of drug-likeness (QED) is 0.663. The Balaban J connectivity index is 1.69. The van der Waals surface area contributed by atoms with Crippen LogP contribution >= 0.6 is 11.3 Å². The van der Waals surface area contributed by atoms with Crippen molar-refractivity contribution in [2.75, 3.05) is 14.2 Å². The number of carbonyl (C=O) groups is 1. The third-order valence-electron chi connectivity index (χ3n) is 3.64. The molecular formula is C19H17NO5S. The number of nitrogens with zero attached hydrogens (tertiary/aromatic N) is 1. The van der Waals surface area contributed by atoms with E-state index in [-0.39, 0.29) is 17.9 Å². The molecule has 0 unspecified atom stereocenters. The summed E-state index contributed by atoms with van der Waals surface area (Å²) in [5, 5.41) is 12.5. The highest BCUT2D eigenvalue weighted by atomic mass is 32.1. The summed E-state index contributed by atoms with van der Waals surface area (Å²) in [6.07, 6.45) is 0. The van der Waals surface area contributed by atoms with E-state index in [9.17, 15) is 9.90 Å². The average molecular weight is 371 g/mol. The largest absolute Gasteiger partial charge is 0.507 e. The van der Waals surface area contributed by atoms with E-state index >= 15 is 0 Å². The van der Waals surface area contributed by atoms with Crippen molar-refractivity contribution in [3.05, 3.63) is 59.1 Å². The number of aromatic hydroxyl groups is 1. The SMILES string of the molecule is COc1cccc(-c2nc(COC(=O)c3cc(OC)ccc3O)cs2)c1. The van der Waals surface area contributed by atoms with E-state index in [0.29, 0.717) is 11.4 Å². The molecule has 0 saturated carbocycles. The molecule has 6 nitrogen and oxygen atoms in total. The summed E-state index contributed by atoms with van der Waals surface area (Å²) >= 11 is 1.45. The van der Waals surface area contributed by atoms with Gasteiger partial charge in [0.05, 0.1) is 19.9 Å². The van der Waals surface area contributed by atoms with Crippen LogP contribution in [0.2, 0.25) is 0 Å². The zero-order valence-corrected chi connectivity index (χ0v) is 15.1. The molecule has 0 atom stereocenters. The Hall–Kier alpha value is -3.06. The molecule has 0 fully saturated rings. The second-order valence-corrected chi connectivity index (χ2v) is 6.19. The predicted molar refractivity (Wildman–Crippen MR) is 97.9 cm³/mol. The second kappa shape index (κ2) is 7.88. The lowest BCUT2D eigenvalue weighted by Gasteiger charge is -2.07. The van der Waals surface area contributed by atoms with Crippen molar-refractivity contribution >= 4 is 17.3 Å². The van der Waals surface area contributed by atoms with Gasteiger partial charge in [-0.25, -0.2) is 9.78 Å². The molecule has 7 heteroatoms. The van der Waals surface area contributed by atoms with E-state index in [0.717, 1.165) is 16.3 Å². The predicted octanol–water partition coefficient (Wildman–Crippen LogP) is 3.89. The lowest BCUT2D eigenvalue weighted by atomic mass is 10.2. The van der Waals surface area contributed by atoms with Crippen LogP contribution in [0.5, 0.6) is 17.2 Å². The van der Waals surface area contributed by atoms with Gasteiger partial charge < -0.3 is 19.3 Å². The van der Waals surface area contributed by atoms with E-state index in [4.69, 9.17) is 14.2 Å². The molecule has 134 valence electrons. The van der Waals surface area contributed by atoms with Crippen molar-refractivity contribution in [1.82, 2.24) is 4.98 Å². The van der Waals surface area contributed by atoms with E-state index < -0.39 is 5.97 Å². The Bertz CT molecular complexity index is 922. The van der Waals surface area contributed by atoms with Crippen LogP contribution in [0.25, 0.3) is 10.6 Å². The van der Waals surface area contributed by atoms with E-state index in [1.54, 1.807) is 13.2 Å². The molecule has 3 rings (SSSR count). The van der Waals surface area contributed by atoms with E-state index in [1.807, 2.05) is 29.6 Å². The first kappa shape index (κ1) is 17.8. The zero-order chi connectivity index (χ0) is 18.5. The summed E-state index contributed by atoms with van der Waals surface area (Å²) in [6, 6.07) is 12.0. The molecule has 0 amide bonds. The van der Waals surface area contributed by atoms with Crippen LogP contribution in [0.4, 0.5) is 0 Å². The minimum Gasteiger partial charge on any atom is -0.507 e. The molecular weight excluding hydrogens is 354 g/mol. The lowest BCUT2D eigenvalue weighted by Crippen LogP contribution is -2.06. The van der Waals surface area contributed by atoms with Crippen molar-refractivity contribution in [2.24, 2.45) is 0 Å². The number of benzene rings is 2. The molecule has 1 heterocycles. The van der Waals surface area contributed by atoms with Gasteiger partial charge in [-0.2, -0.15) is 0 Å². The number of hydrogen-bond acceptors (Lipinski definition) is 7. The summed E-state index contributed by atoms with van der Waals surface area (Å²) in [5.41, 5.74) is 1.61. The van der Waals surface area contributed by atoms with Crippen molar-refractivity contribution in [2.45, 2.75) is 6.61 Å². The Kier molecular flexibility index (Phi) is 5.38. The van der Waals surface area contributed by atoms with Gasteiger partial charge in [0, 0.05) is 10.9 Å². The monoisotopic (exact) mass is 371 g/mol. The van der Waals surface area contributed by atoms with Gasteiger partial charge in [-0.15, -0.1) is 11.3 Å². The molecule has 0 aliphatic carbocycles. The Morgan fingerprint density at radius 2 is 1.88 bits per heavy atom. The van der Waals surface area contributed by atoms with Gasteiger partial charge in [-0.05, 0) is 30.3 Å². The minimum atomic E-state index is -0.641. The number of methoxy groups -OCH3 is 2. The number of esters is 1. The van der Waals surface area contributed by atoms with Crippen LogP contribution in [0.3, 0.4) is 0 Å². The van der Waals surface area contributed by atoms with Crippen LogP contribution in [0.15, 0.2) is 47.8 Å². The molecule has 0 saturated heterocycles. The Labute approximate surface area is 154 Å². The summed E-state index contributed by atoms with van der Waals surface area (Å²) in [6.45, 7) is 0.00987. The summed E-state index contributed by atoms with van der Waals surface area (Å²) in [7, 11) is 3.09. The minimum absolute atomic E-state index is 0.00987. The summed E-state index contributed by atoms with van der Waals surface area (Å²) < 4.78 is 15.5. The van der Waals surface area contributed by atoms with Crippen molar-refractivity contribution in [3.8, 4) is 27.8 Å². The molecule has 3 aromatic rings. The third-order valence-corrected chi connectivity index (χ3v) is 4.58. The molecule has 1 N–H and O–H groups in total. The number of aromatic nitrogens is 1. The van der Waals surface area contributed by atoms with E-state index in [2.05, 4.69) is 4.98 Å². The normalized spacial score (nSPS) is 10.4. The second-order valence-electron chi connectivity index (χ2n) is 5.34. The standard InChI is InChI=1S/C19H17NO5S/c1-23-14-5-3-4-12(8-14)18-20-13(11-26-18)10-25-19(22)16-9-15(24-2)6-7-17(16)21/h3-9,11,21H,10H2,1-2H3. The number of carbonyl (C=O) groups excluding carboxylic acids is 1.